The third kappa shape index (κ3) is 7.00. The lowest BCUT2D eigenvalue weighted by molar-refractivity contribution is -0.163. The van der Waals surface area contributed by atoms with Crippen LogP contribution >= 0.6 is 0 Å². The van der Waals surface area contributed by atoms with Crippen LogP contribution in [-0.4, -0.2) is 25.2 Å². The molecule has 1 unspecified atom stereocenters. The highest BCUT2D eigenvalue weighted by atomic mass is 19.4. The van der Waals surface area contributed by atoms with Gasteiger partial charge in [0.2, 0.25) is 5.90 Å². The molecule has 1 aliphatic heterocycles. The van der Waals surface area contributed by atoms with Gasteiger partial charge in [0, 0.05) is 5.57 Å². The van der Waals surface area contributed by atoms with Gasteiger partial charge in [0.15, 0.2) is 0 Å². The van der Waals surface area contributed by atoms with Crippen LogP contribution in [0.5, 0.6) is 0 Å². The molecule has 1 rings (SSSR count). The zero-order valence-corrected chi connectivity index (χ0v) is 13.0. The Balaban J connectivity index is 2.47. The first-order chi connectivity index (χ1) is 9.95. The molecule has 0 radical (unpaired) electrons. The minimum absolute atomic E-state index is 0.153. The normalized spacial score (nSPS) is 17.6. The lowest BCUT2D eigenvalue weighted by Crippen LogP contribution is -2.22. The van der Waals surface area contributed by atoms with E-state index in [0.29, 0.717) is 31.0 Å². The first kappa shape index (κ1) is 18.1. The zero-order valence-electron chi connectivity index (χ0n) is 13.0. The molecule has 0 bridgehead atoms. The Bertz CT molecular complexity index is 361. The van der Waals surface area contributed by atoms with Gasteiger partial charge in [-0.3, -0.25) is 0 Å². The maximum absolute atomic E-state index is 13.1. The Kier molecular flexibility index (Phi) is 7.83. The van der Waals surface area contributed by atoms with E-state index < -0.39 is 12.1 Å². The summed E-state index contributed by atoms with van der Waals surface area (Å²) in [7, 11) is 0. The lowest BCUT2D eigenvalue weighted by atomic mass is 9.97. The van der Waals surface area contributed by atoms with Gasteiger partial charge in [-0.25, -0.2) is 4.99 Å². The van der Waals surface area contributed by atoms with E-state index in [-0.39, 0.29) is 6.42 Å². The number of allylic oxidation sites excluding steroid dienone is 1. The Labute approximate surface area is 125 Å². The number of halogens is 3. The average Bonchev–Trinajstić information content (AvgIpc) is 2.94. The van der Waals surface area contributed by atoms with E-state index in [1.807, 2.05) is 0 Å². The molecular formula is C16H26F3NO. The highest BCUT2D eigenvalue weighted by Gasteiger charge is 2.37. The van der Waals surface area contributed by atoms with Crippen molar-refractivity contribution in [2.75, 3.05) is 13.2 Å². The Morgan fingerprint density at radius 2 is 1.90 bits per heavy atom. The van der Waals surface area contributed by atoms with Gasteiger partial charge in [0.1, 0.15) is 6.61 Å². The zero-order chi connectivity index (χ0) is 15.7. The third-order valence-corrected chi connectivity index (χ3v) is 3.66. The molecule has 0 N–H and O–H groups in total. The molecule has 0 amide bonds. The standard InChI is InChI=1S/C16H26F3NO/c1-3-4-5-6-7-8-9-14(16(17,18)19)12-13(2)15-20-10-11-21-15/h12,14H,3-11H2,1-2H3. The lowest BCUT2D eigenvalue weighted by Gasteiger charge is -2.18. The molecule has 1 aliphatic rings. The van der Waals surface area contributed by atoms with Crippen LogP contribution in [0.3, 0.4) is 0 Å². The van der Waals surface area contributed by atoms with E-state index in [2.05, 4.69) is 11.9 Å². The van der Waals surface area contributed by atoms with E-state index in [0.717, 1.165) is 25.7 Å². The summed E-state index contributed by atoms with van der Waals surface area (Å²) in [4.78, 5) is 4.06. The molecule has 0 aliphatic carbocycles. The van der Waals surface area contributed by atoms with Crippen molar-refractivity contribution < 1.29 is 17.9 Å². The van der Waals surface area contributed by atoms with Crippen LogP contribution in [0.1, 0.15) is 58.8 Å². The fourth-order valence-electron chi connectivity index (χ4n) is 2.43. The maximum atomic E-state index is 13.1. The number of nitrogens with zero attached hydrogens (tertiary/aromatic N) is 1. The Hall–Kier alpha value is -1.00. The molecule has 0 fully saturated rings. The largest absolute Gasteiger partial charge is 0.476 e. The number of ether oxygens (including phenoxy) is 1. The first-order valence-corrected chi connectivity index (χ1v) is 7.88. The minimum atomic E-state index is -4.19. The second-order valence-electron chi connectivity index (χ2n) is 5.59. The van der Waals surface area contributed by atoms with Crippen molar-refractivity contribution in [3.63, 3.8) is 0 Å². The van der Waals surface area contributed by atoms with Crippen molar-refractivity contribution in [3.8, 4) is 0 Å². The third-order valence-electron chi connectivity index (χ3n) is 3.66. The highest BCUT2D eigenvalue weighted by molar-refractivity contribution is 5.93. The summed E-state index contributed by atoms with van der Waals surface area (Å²) < 4.78 is 44.4. The van der Waals surface area contributed by atoms with Crippen LogP contribution in [0, 0.1) is 5.92 Å². The molecule has 0 aromatic rings. The molecule has 1 heterocycles. The van der Waals surface area contributed by atoms with E-state index in [9.17, 15) is 13.2 Å². The van der Waals surface area contributed by atoms with E-state index in [1.165, 1.54) is 12.5 Å². The van der Waals surface area contributed by atoms with Gasteiger partial charge in [0.05, 0.1) is 12.5 Å². The Morgan fingerprint density at radius 1 is 1.24 bits per heavy atom. The predicted octanol–water partition coefficient (Wildman–Crippen LogP) is 5.29. The fraction of sp³-hybridized carbons (Fsp3) is 0.812. The van der Waals surface area contributed by atoms with Crippen LogP contribution in [0.15, 0.2) is 16.6 Å². The van der Waals surface area contributed by atoms with Crippen LogP contribution in [0.4, 0.5) is 13.2 Å². The topological polar surface area (TPSA) is 21.6 Å². The number of unbranched alkanes of at least 4 members (excludes halogenated alkanes) is 5. The summed E-state index contributed by atoms with van der Waals surface area (Å²) in [6, 6.07) is 0. The molecule has 2 nitrogen and oxygen atoms in total. The van der Waals surface area contributed by atoms with Gasteiger partial charge < -0.3 is 4.74 Å². The van der Waals surface area contributed by atoms with E-state index in [4.69, 9.17) is 4.74 Å². The molecule has 122 valence electrons. The van der Waals surface area contributed by atoms with Crippen molar-refractivity contribution in [2.45, 2.75) is 65.0 Å². The second-order valence-corrected chi connectivity index (χ2v) is 5.59. The molecule has 0 saturated heterocycles. The second kappa shape index (κ2) is 9.11. The molecule has 21 heavy (non-hydrogen) atoms. The predicted molar refractivity (Wildman–Crippen MR) is 79.5 cm³/mol. The van der Waals surface area contributed by atoms with Gasteiger partial charge in [-0.2, -0.15) is 13.2 Å². The number of alkyl halides is 3. The molecule has 0 saturated carbocycles. The molecule has 5 heteroatoms. The Morgan fingerprint density at radius 3 is 2.48 bits per heavy atom. The highest BCUT2D eigenvalue weighted by Crippen LogP contribution is 2.32. The summed E-state index contributed by atoms with van der Waals surface area (Å²) in [5, 5.41) is 0. The van der Waals surface area contributed by atoms with Crippen molar-refractivity contribution in [2.24, 2.45) is 10.9 Å². The van der Waals surface area contributed by atoms with Crippen molar-refractivity contribution in [3.05, 3.63) is 11.6 Å². The van der Waals surface area contributed by atoms with Gasteiger partial charge in [-0.1, -0.05) is 51.5 Å². The van der Waals surface area contributed by atoms with Crippen molar-refractivity contribution in [1.29, 1.82) is 0 Å². The fourth-order valence-corrected chi connectivity index (χ4v) is 2.43. The molecule has 0 spiro atoms. The molecule has 1 atom stereocenters. The molecule has 0 aromatic heterocycles. The summed E-state index contributed by atoms with van der Waals surface area (Å²) in [5.74, 6) is -1.03. The number of rotatable bonds is 9. The first-order valence-electron chi connectivity index (χ1n) is 7.88. The summed E-state index contributed by atoms with van der Waals surface area (Å²) in [5.41, 5.74) is 0.501. The van der Waals surface area contributed by atoms with E-state index in [1.54, 1.807) is 6.92 Å². The quantitative estimate of drug-likeness (QED) is 0.530. The van der Waals surface area contributed by atoms with Gasteiger partial charge in [-0.15, -0.1) is 0 Å². The van der Waals surface area contributed by atoms with Gasteiger partial charge in [-0.05, 0) is 13.3 Å². The maximum Gasteiger partial charge on any atom is 0.395 e. The number of aliphatic imine (C=N–C) groups is 1. The summed E-state index contributed by atoms with van der Waals surface area (Å²) >= 11 is 0. The van der Waals surface area contributed by atoms with Crippen LogP contribution < -0.4 is 0 Å². The molecule has 0 aromatic carbocycles. The number of hydrogen-bond acceptors (Lipinski definition) is 2. The van der Waals surface area contributed by atoms with Crippen LogP contribution in [0.2, 0.25) is 0 Å². The number of hydrogen-bond donors (Lipinski definition) is 0. The summed E-state index contributed by atoms with van der Waals surface area (Å²) in [6.07, 6.45) is 3.18. The van der Waals surface area contributed by atoms with Crippen molar-refractivity contribution >= 4 is 5.90 Å². The minimum Gasteiger partial charge on any atom is -0.476 e. The smallest absolute Gasteiger partial charge is 0.395 e. The van der Waals surface area contributed by atoms with Crippen molar-refractivity contribution in [1.82, 2.24) is 0 Å². The average molecular weight is 305 g/mol. The van der Waals surface area contributed by atoms with Crippen LogP contribution in [0.25, 0.3) is 0 Å². The van der Waals surface area contributed by atoms with Crippen LogP contribution in [-0.2, 0) is 4.74 Å². The summed E-state index contributed by atoms with van der Waals surface area (Å²) in [6.45, 7) is 4.77. The van der Waals surface area contributed by atoms with E-state index >= 15 is 0 Å². The SMILES string of the molecule is CCCCCCCCC(C=C(C)C1=NCCO1)C(F)(F)F. The monoisotopic (exact) mass is 305 g/mol. The van der Waals surface area contributed by atoms with Gasteiger partial charge >= 0.3 is 6.18 Å². The molecular weight excluding hydrogens is 279 g/mol. The van der Waals surface area contributed by atoms with Gasteiger partial charge in [0.25, 0.3) is 0 Å².